The summed E-state index contributed by atoms with van der Waals surface area (Å²) in [7, 11) is 0. The van der Waals surface area contributed by atoms with Crippen LogP contribution >= 0.6 is 11.3 Å². The van der Waals surface area contributed by atoms with Crippen molar-refractivity contribution in [3.8, 4) is 0 Å². The third-order valence-electron chi connectivity index (χ3n) is 2.25. The van der Waals surface area contributed by atoms with Gasteiger partial charge in [-0.15, -0.1) is 10.2 Å². The molecule has 1 aromatic carbocycles. The molecule has 100 valence electrons. The zero-order valence-corrected chi connectivity index (χ0v) is 11.1. The lowest BCUT2D eigenvalue weighted by Crippen LogP contribution is -2.11. The standard InChI is InChI=1S/C12H13FN4OS/c1-2-7-14-12-17-16-11(19-12)10(18)15-9-5-3-8(13)4-6-9/h3-6H,2,7H2,1H3,(H,14,17)(H,15,18). The molecule has 0 atom stereocenters. The van der Waals surface area contributed by atoms with Gasteiger partial charge in [0.05, 0.1) is 0 Å². The fourth-order valence-electron chi connectivity index (χ4n) is 1.34. The fraction of sp³-hybridized carbons (Fsp3) is 0.250. The molecule has 0 aliphatic rings. The van der Waals surface area contributed by atoms with E-state index in [0.29, 0.717) is 10.8 Å². The van der Waals surface area contributed by atoms with E-state index < -0.39 is 0 Å². The molecule has 1 heterocycles. The van der Waals surface area contributed by atoms with Crippen molar-refractivity contribution in [1.82, 2.24) is 10.2 Å². The van der Waals surface area contributed by atoms with Gasteiger partial charge in [0.25, 0.3) is 5.91 Å². The first-order valence-electron chi connectivity index (χ1n) is 5.83. The van der Waals surface area contributed by atoms with Crippen molar-refractivity contribution >= 4 is 28.1 Å². The second-order valence-corrected chi connectivity index (χ2v) is 4.78. The topological polar surface area (TPSA) is 66.9 Å². The van der Waals surface area contributed by atoms with E-state index in [9.17, 15) is 9.18 Å². The molecule has 0 unspecified atom stereocenters. The van der Waals surface area contributed by atoms with Gasteiger partial charge in [-0.2, -0.15) is 0 Å². The lowest BCUT2D eigenvalue weighted by molar-refractivity contribution is 0.102. The van der Waals surface area contributed by atoms with Crippen LogP contribution in [0.3, 0.4) is 0 Å². The van der Waals surface area contributed by atoms with Crippen LogP contribution in [-0.2, 0) is 0 Å². The highest BCUT2D eigenvalue weighted by atomic mass is 32.1. The van der Waals surface area contributed by atoms with Crippen molar-refractivity contribution in [2.45, 2.75) is 13.3 Å². The summed E-state index contributed by atoms with van der Waals surface area (Å²) in [4.78, 5) is 11.9. The molecule has 2 N–H and O–H groups in total. The molecule has 1 amide bonds. The van der Waals surface area contributed by atoms with Crippen LogP contribution in [0.5, 0.6) is 0 Å². The van der Waals surface area contributed by atoms with E-state index >= 15 is 0 Å². The summed E-state index contributed by atoms with van der Waals surface area (Å²) in [6.07, 6.45) is 0.969. The number of aromatic nitrogens is 2. The van der Waals surface area contributed by atoms with E-state index in [-0.39, 0.29) is 16.7 Å². The molecule has 2 aromatic rings. The predicted octanol–water partition coefficient (Wildman–Crippen LogP) is 2.75. The van der Waals surface area contributed by atoms with Crippen molar-refractivity contribution in [3.05, 3.63) is 35.1 Å². The predicted molar refractivity (Wildman–Crippen MR) is 73.0 cm³/mol. The van der Waals surface area contributed by atoms with Gasteiger partial charge in [0, 0.05) is 12.2 Å². The maximum Gasteiger partial charge on any atom is 0.286 e. The number of carbonyl (C=O) groups is 1. The van der Waals surface area contributed by atoms with Crippen LogP contribution in [0.2, 0.25) is 0 Å². The van der Waals surface area contributed by atoms with Gasteiger partial charge in [0.1, 0.15) is 5.82 Å². The number of anilines is 2. The molecular formula is C12H13FN4OS. The number of hydrogen-bond acceptors (Lipinski definition) is 5. The average molecular weight is 280 g/mol. The summed E-state index contributed by atoms with van der Waals surface area (Å²) < 4.78 is 12.7. The zero-order valence-electron chi connectivity index (χ0n) is 10.3. The first-order chi connectivity index (χ1) is 9.19. The smallest absolute Gasteiger partial charge is 0.286 e. The third-order valence-corrected chi connectivity index (χ3v) is 3.13. The Morgan fingerprint density at radius 3 is 2.74 bits per heavy atom. The minimum Gasteiger partial charge on any atom is -0.360 e. The number of halogens is 1. The Morgan fingerprint density at radius 1 is 1.32 bits per heavy atom. The normalized spacial score (nSPS) is 10.2. The Hall–Kier alpha value is -2.02. The van der Waals surface area contributed by atoms with Crippen molar-refractivity contribution in [2.75, 3.05) is 17.2 Å². The largest absolute Gasteiger partial charge is 0.360 e. The van der Waals surface area contributed by atoms with Crippen molar-refractivity contribution < 1.29 is 9.18 Å². The highest BCUT2D eigenvalue weighted by molar-refractivity contribution is 7.17. The lowest BCUT2D eigenvalue weighted by Gasteiger charge is -2.01. The van der Waals surface area contributed by atoms with Crippen LogP contribution in [0.4, 0.5) is 15.2 Å². The minimum atomic E-state index is -0.353. The summed E-state index contributed by atoms with van der Waals surface area (Å²) in [5, 5.41) is 14.2. The molecule has 1 aromatic heterocycles. The molecule has 0 fully saturated rings. The molecule has 7 heteroatoms. The fourth-order valence-corrected chi connectivity index (χ4v) is 2.00. The number of nitrogens with zero attached hydrogens (tertiary/aromatic N) is 2. The van der Waals surface area contributed by atoms with Gasteiger partial charge in [0.15, 0.2) is 0 Å². The summed E-state index contributed by atoms with van der Waals surface area (Å²) in [6.45, 7) is 2.82. The Labute approximate surface area is 113 Å². The van der Waals surface area contributed by atoms with Crippen LogP contribution < -0.4 is 10.6 Å². The van der Waals surface area contributed by atoms with Gasteiger partial charge in [-0.05, 0) is 30.7 Å². The van der Waals surface area contributed by atoms with Gasteiger partial charge >= 0.3 is 0 Å². The highest BCUT2D eigenvalue weighted by Gasteiger charge is 2.12. The number of nitrogens with one attached hydrogen (secondary N) is 2. The van der Waals surface area contributed by atoms with Gasteiger partial charge < -0.3 is 10.6 Å². The van der Waals surface area contributed by atoms with E-state index in [1.54, 1.807) is 0 Å². The molecule has 19 heavy (non-hydrogen) atoms. The summed E-state index contributed by atoms with van der Waals surface area (Å²) in [5.41, 5.74) is 0.518. The zero-order chi connectivity index (χ0) is 13.7. The number of carbonyl (C=O) groups excluding carboxylic acids is 1. The van der Waals surface area contributed by atoms with Gasteiger partial charge in [-0.1, -0.05) is 18.3 Å². The first kappa shape index (κ1) is 13.4. The van der Waals surface area contributed by atoms with Gasteiger partial charge in [-0.3, -0.25) is 4.79 Å². The van der Waals surface area contributed by atoms with Crippen LogP contribution in [-0.4, -0.2) is 22.6 Å². The molecule has 0 saturated heterocycles. The number of amides is 1. The quantitative estimate of drug-likeness (QED) is 0.883. The highest BCUT2D eigenvalue weighted by Crippen LogP contribution is 2.17. The Kier molecular flexibility index (Phi) is 4.40. The van der Waals surface area contributed by atoms with Gasteiger partial charge in [-0.25, -0.2) is 4.39 Å². The molecule has 2 rings (SSSR count). The van der Waals surface area contributed by atoms with E-state index in [0.717, 1.165) is 13.0 Å². The van der Waals surface area contributed by atoms with Gasteiger partial charge in [0.2, 0.25) is 10.1 Å². The molecule has 0 aliphatic carbocycles. The van der Waals surface area contributed by atoms with E-state index in [2.05, 4.69) is 20.8 Å². The van der Waals surface area contributed by atoms with Crippen molar-refractivity contribution in [2.24, 2.45) is 0 Å². The number of benzene rings is 1. The van der Waals surface area contributed by atoms with Crippen molar-refractivity contribution in [3.63, 3.8) is 0 Å². The Balaban J connectivity index is 1.99. The summed E-state index contributed by atoms with van der Waals surface area (Å²) in [6, 6.07) is 5.54. The third kappa shape index (κ3) is 3.72. The number of hydrogen-bond donors (Lipinski definition) is 2. The molecular weight excluding hydrogens is 267 g/mol. The van der Waals surface area contributed by atoms with E-state index in [1.165, 1.54) is 35.6 Å². The summed E-state index contributed by atoms with van der Waals surface area (Å²) >= 11 is 1.18. The minimum absolute atomic E-state index is 0.267. The van der Waals surface area contributed by atoms with E-state index in [4.69, 9.17) is 0 Å². The Morgan fingerprint density at radius 2 is 2.05 bits per heavy atom. The summed E-state index contributed by atoms with van der Waals surface area (Å²) in [5.74, 6) is -0.700. The average Bonchev–Trinajstić information content (AvgIpc) is 2.88. The maximum atomic E-state index is 12.7. The second kappa shape index (κ2) is 6.24. The molecule has 5 nitrogen and oxygen atoms in total. The van der Waals surface area contributed by atoms with Crippen LogP contribution in [0.25, 0.3) is 0 Å². The van der Waals surface area contributed by atoms with E-state index in [1.807, 2.05) is 6.92 Å². The van der Waals surface area contributed by atoms with Crippen molar-refractivity contribution in [1.29, 1.82) is 0 Å². The molecule has 0 saturated carbocycles. The van der Waals surface area contributed by atoms with Crippen LogP contribution in [0.15, 0.2) is 24.3 Å². The molecule has 0 spiro atoms. The van der Waals surface area contributed by atoms with Crippen LogP contribution in [0, 0.1) is 5.82 Å². The first-order valence-corrected chi connectivity index (χ1v) is 6.65. The molecule has 0 bridgehead atoms. The second-order valence-electron chi connectivity index (χ2n) is 3.80. The number of rotatable bonds is 5. The SMILES string of the molecule is CCCNc1nnc(C(=O)Nc2ccc(F)cc2)s1. The molecule has 0 aliphatic heterocycles. The maximum absolute atomic E-state index is 12.7. The molecule has 0 radical (unpaired) electrons. The lowest BCUT2D eigenvalue weighted by atomic mass is 10.3. The van der Waals surface area contributed by atoms with Crippen LogP contribution in [0.1, 0.15) is 23.1 Å². The Bertz CT molecular complexity index is 555. The monoisotopic (exact) mass is 280 g/mol.